The van der Waals surface area contributed by atoms with Gasteiger partial charge in [0.2, 0.25) is 0 Å². The Labute approximate surface area is 145 Å². The van der Waals surface area contributed by atoms with Crippen LogP contribution in [0.2, 0.25) is 0 Å². The van der Waals surface area contributed by atoms with Crippen LogP contribution in [-0.4, -0.2) is 28.3 Å². The molecule has 0 spiro atoms. The molecule has 0 unspecified atom stereocenters. The zero-order valence-electron chi connectivity index (χ0n) is 14.5. The van der Waals surface area contributed by atoms with Gasteiger partial charge in [-0.15, -0.1) is 0 Å². The topological polar surface area (TPSA) is 90.3 Å². The highest BCUT2D eigenvalue weighted by atomic mass is 16.5. The molecule has 1 N–H and O–H groups in total. The number of anilines is 1. The van der Waals surface area contributed by atoms with Crippen molar-refractivity contribution in [1.29, 1.82) is 0 Å². The molecule has 2 aromatic rings. The zero-order chi connectivity index (χ0) is 18.4. The molecule has 1 aromatic carbocycles. The Bertz CT molecular complexity index is 810. The molecule has 0 aliphatic rings. The van der Waals surface area contributed by atoms with Gasteiger partial charge in [-0.05, 0) is 43.2 Å². The van der Waals surface area contributed by atoms with Crippen molar-refractivity contribution in [2.24, 2.45) is 5.92 Å². The number of carbonyl (C=O) groups is 2. The van der Waals surface area contributed by atoms with E-state index in [9.17, 15) is 14.4 Å². The van der Waals surface area contributed by atoms with Crippen molar-refractivity contribution in [1.82, 2.24) is 9.78 Å². The summed E-state index contributed by atoms with van der Waals surface area (Å²) >= 11 is 0. The second-order valence-corrected chi connectivity index (χ2v) is 5.88. The number of aromatic nitrogens is 2. The summed E-state index contributed by atoms with van der Waals surface area (Å²) < 4.78 is 6.19. The normalized spacial score (nSPS) is 10.6. The van der Waals surface area contributed by atoms with E-state index in [0.29, 0.717) is 24.4 Å². The van der Waals surface area contributed by atoms with Crippen molar-refractivity contribution >= 4 is 17.6 Å². The molecule has 7 nitrogen and oxygen atoms in total. The summed E-state index contributed by atoms with van der Waals surface area (Å²) in [5.74, 6) is -0.608. The van der Waals surface area contributed by atoms with Gasteiger partial charge < -0.3 is 10.1 Å². The van der Waals surface area contributed by atoms with E-state index in [2.05, 4.69) is 10.4 Å². The fraction of sp³-hybridized carbons (Fsp3) is 0.333. The lowest BCUT2D eigenvalue weighted by Gasteiger charge is -2.10. The van der Waals surface area contributed by atoms with Crippen LogP contribution < -0.4 is 10.9 Å². The molecule has 1 aromatic heterocycles. The minimum absolute atomic E-state index is 0.148. The average molecular weight is 343 g/mol. The maximum Gasteiger partial charge on any atom is 0.338 e. The minimum Gasteiger partial charge on any atom is -0.462 e. The molecule has 0 saturated heterocycles. The molecule has 0 radical (unpaired) electrons. The molecule has 7 heteroatoms. The number of nitrogens with zero attached hydrogens (tertiary/aromatic N) is 2. The summed E-state index contributed by atoms with van der Waals surface area (Å²) in [6, 6.07) is 9.07. The van der Waals surface area contributed by atoms with Crippen LogP contribution in [0.25, 0.3) is 0 Å². The standard InChI is InChI=1S/C18H21N3O4/c1-4-25-18(24)13-5-7-14(8-6-13)19-17(23)15-9-10-16(22)21(20-15)11-12(2)3/h5-10,12H,4,11H2,1-3H3,(H,19,23). The lowest BCUT2D eigenvalue weighted by molar-refractivity contribution is 0.0526. The van der Waals surface area contributed by atoms with Crippen LogP contribution in [0, 0.1) is 5.92 Å². The number of amides is 1. The van der Waals surface area contributed by atoms with Gasteiger partial charge in [0.1, 0.15) is 5.69 Å². The summed E-state index contributed by atoms with van der Waals surface area (Å²) in [6.45, 7) is 6.40. The summed E-state index contributed by atoms with van der Waals surface area (Å²) in [6.07, 6.45) is 0. The summed E-state index contributed by atoms with van der Waals surface area (Å²) in [4.78, 5) is 35.7. The second kappa shape index (κ2) is 8.23. The molecular weight excluding hydrogens is 322 g/mol. The van der Waals surface area contributed by atoms with Gasteiger partial charge >= 0.3 is 5.97 Å². The number of ether oxygens (including phenoxy) is 1. The molecule has 1 heterocycles. The largest absolute Gasteiger partial charge is 0.462 e. The first-order valence-corrected chi connectivity index (χ1v) is 8.07. The summed E-state index contributed by atoms with van der Waals surface area (Å²) in [7, 11) is 0. The highest BCUT2D eigenvalue weighted by molar-refractivity contribution is 6.03. The monoisotopic (exact) mass is 343 g/mol. The van der Waals surface area contributed by atoms with Crippen LogP contribution in [0.1, 0.15) is 41.6 Å². The van der Waals surface area contributed by atoms with E-state index in [1.54, 1.807) is 31.2 Å². The highest BCUT2D eigenvalue weighted by Crippen LogP contribution is 2.11. The van der Waals surface area contributed by atoms with Crippen molar-refractivity contribution < 1.29 is 14.3 Å². The third-order valence-corrected chi connectivity index (χ3v) is 3.29. The molecule has 0 fully saturated rings. The Kier molecular flexibility index (Phi) is 6.05. The van der Waals surface area contributed by atoms with Crippen LogP contribution in [-0.2, 0) is 11.3 Å². The lowest BCUT2D eigenvalue weighted by Crippen LogP contribution is -2.27. The van der Waals surface area contributed by atoms with E-state index >= 15 is 0 Å². The molecule has 25 heavy (non-hydrogen) atoms. The minimum atomic E-state index is -0.429. The van der Waals surface area contributed by atoms with Gasteiger partial charge in [0.05, 0.1) is 12.2 Å². The fourth-order valence-corrected chi connectivity index (χ4v) is 2.15. The van der Waals surface area contributed by atoms with Crippen molar-refractivity contribution in [2.75, 3.05) is 11.9 Å². The van der Waals surface area contributed by atoms with Crippen LogP contribution >= 0.6 is 0 Å². The predicted octanol–water partition coefficient (Wildman–Crippen LogP) is 2.33. The molecule has 0 atom stereocenters. The van der Waals surface area contributed by atoms with Gasteiger partial charge in [0.25, 0.3) is 11.5 Å². The van der Waals surface area contributed by atoms with Gasteiger partial charge in [-0.1, -0.05) is 13.8 Å². The average Bonchev–Trinajstić information content (AvgIpc) is 2.57. The lowest BCUT2D eigenvalue weighted by atomic mass is 10.2. The first kappa shape index (κ1) is 18.4. The third kappa shape index (κ3) is 5.00. The molecule has 2 rings (SSSR count). The predicted molar refractivity (Wildman–Crippen MR) is 93.7 cm³/mol. The first-order chi connectivity index (χ1) is 11.9. The number of nitrogens with one attached hydrogen (secondary N) is 1. The number of hydrogen-bond donors (Lipinski definition) is 1. The zero-order valence-corrected chi connectivity index (χ0v) is 14.5. The van der Waals surface area contributed by atoms with Gasteiger partial charge in [0, 0.05) is 18.3 Å². The number of carbonyl (C=O) groups excluding carboxylic acids is 2. The van der Waals surface area contributed by atoms with Crippen LogP contribution in [0.15, 0.2) is 41.2 Å². The molecule has 1 amide bonds. The molecular formula is C18H21N3O4. The molecule has 0 aliphatic carbocycles. The van der Waals surface area contributed by atoms with Gasteiger partial charge in [-0.25, -0.2) is 9.48 Å². The Balaban J connectivity index is 2.11. The fourth-order valence-electron chi connectivity index (χ4n) is 2.15. The quantitative estimate of drug-likeness (QED) is 0.813. The second-order valence-electron chi connectivity index (χ2n) is 5.88. The number of benzene rings is 1. The molecule has 0 saturated carbocycles. The van der Waals surface area contributed by atoms with E-state index in [0.717, 1.165) is 0 Å². The summed E-state index contributed by atoms with van der Waals surface area (Å²) in [5.41, 5.74) is 0.823. The van der Waals surface area contributed by atoms with Gasteiger partial charge in [-0.2, -0.15) is 5.10 Å². The Morgan fingerprint density at radius 2 is 1.84 bits per heavy atom. The number of hydrogen-bond acceptors (Lipinski definition) is 5. The molecule has 0 aliphatic heterocycles. The maximum atomic E-state index is 12.3. The SMILES string of the molecule is CCOC(=O)c1ccc(NC(=O)c2ccc(=O)n(CC(C)C)n2)cc1. The summed E-state index contributed by atoms with van der Waals surface area (Å²) in [5, 5.41) is 6.78. The number of rotatable bonds is 6. The van der Waals surface area contributed by atoms with Crippen molar-refractivity contribution in [3.63, 3.8) is 0 Å². The Hall–Kier alpha value is -2.96. The van der Waals surface area contributed by atoms with Crippen LogP contribution in [0.5, 0.6) is 0 Å². The smallest absolute Gasteiger partial charge is 0.338 e. The van der Waals surface area contributed by atoms with Crippen molar-refractivity contribution in [2.45, 2.75) is 27.3 Å². The van der Waals surface area contributed by atoms with E-state index in [4.69, 9.17) is 4.74 Å². The third-order valence-electron chi connectivity index (χ3n) is 3.29. The Morgan fingerprint density at radius 1 is 1.16 bits per heavy atom. The van der Waals surface area contributed by atoms with Crippen molar-refractivity contribution in [3.05, 3.63) is 58.0 Å². The Morgan fingerprint density at radius 3 is 2.44 bits per heavy atom. The van der Waals surface area contributed by atoms with Crippen LogP contribution in [0.4, 0.5) is 5.69 Å². The van der Waals surface area contributed by atoms with E-state index in [1.807, 2.05) is 13.8 Å². The van der Waals surface area contributed by atoms with Crippen LogP contribution in [0.3, 0.4) is 0 Å². The maximum absolute atomic E-state index is 12.3. The number of esters is 1. The highest BCUT2D eigenvalue weighted by Gasteiger charge is 2.12. The van der Waals surface area contributed by atoms with E-state index in [1.165, 1.54) is 16.8 Å². The first-order valence-electron chi connectivity index (χ1n) is 8.07. The molecule has 0 bridgehead atoms. The van der Waals surface area contributed by atoms with E-state index < -0.39 is 11.9 Å². The van der Waals surface area contributed by atoms with E-state index in [-0.39, 0.29) is 17.2 Å². The van der Waals surface area contributed by atoms with Crippen molar-refractivity contribution in [3.8, 4) is 0 Å². The van der Waals surface area contributed by atoms with Gasteiger partial charge in [-0.3, -0.25) is 9.59 Å². The van der Waals surface area contributed by atoms with Gasteiger partial charge in [0.15, 0.2) is 0 Å². The molecule has 132 valence electrons.